The van der Waals surface area contributed by atoms with Gasteiger partial charge in [-0.15, -0.1) is 0 Å². The second-order valence-electron chi connectivity index (χ2n) is 4.15. The average Bonchev–Trinajstić information content (AvgIpc) is 2.19. The maximum Gasteiger partial charge on any atom is 0.0317 e. The summed E-state index contributed by atoms with van der Waals surface area (Å²) in [6, 6.07) is 12.0. The van der Waals surface area contributed by atoms with Crippen molar-refractivity contribution in [3.05, 3.63) is 47.5 Å². The molecule has 0 unspecified atom stereocenters. The molecule has 2 aromatic rings. The highest BCUT2D eigenvalue weighted by Gasteiger charge is 2.05. The fraction of sp³-hybridized carbons (Fsp3) is 0.143. The summed E-state index contributed by atoms with van der Waals surface area (Å²) in [5, 5.41) is 0. The van der Waals surface area contributed by atoms with Gasteiger partial charge in [-0.25, -0.2) is 0 Å². The summed E-state index contributed by atoms with van der Waals surface area (Å²) in [6.07, 6.45) is 0. The molecule has 90 valence electrons. The van der Waals surface area contributed by atoms with Crippen LogP contribution < -0.4 is 17.6 Å². The first kappa shape index (κ1) is 13.1. The van der Waals surface area contributed by atoms with Crippen LogP contribution in [0.25, 0.3) is 11.1 Å². The van der Waals surface area contributed by atoms with E-state index in [-0.39, 0.29) is 6.15 Å². The van der Waals surface area contributed by atoms with Gasteiger partial charge in [0.15, 0.2) is 0 Å². The van der Waals surface area contributed by atoms with Gasteiger partial charge in [0.1, 0.15) is 0 Å². The van der Waals surface area contributed by atoms with Gasteiger partial charge in [-0.05, 0) is 60.4 Å². The molecule has 3 heteroatoms. The predicted molar refractivity (Wildman–Crippen MR) is 75.2 cm³/mol. The zero-order valence-corrected chi connectivity index (χ0v) is 10.3. The Hall–Kier alpha value is -2.00. The van der Waals surface area contributed by atoms with Gasteiger partial charge in [0.2, 0.25) is 0 Å². The lowest BCUT2D eigenvalue weighted by molar-refractivity contribution is 1.41. The van der Waals surface area contributed by atoms with Gasteiger partial charge in [-0.3, -0.25) is 0 Å². The van der Waals surface area contributed by atoms with Crippen molar-refractivity contribution in [2.24, 2.45) is 0 Å². The van der Waals surface area contributed by atoms with Crippen LogP contribution in [0, 0.1) is 13.8 Å². The summed E-state index contributed by atoms with van der Waals surface area (Å²) in [7, 11) is 0. The number of hydrogen-bond acceptors (Lipinski definition) is 3. The van der Waals surface area contributed by atoms with Crippen LogP contribution in [-0.2, 0) is 0 Å². The lowest BCUT2D eigenvalue weighted by Crippen LogP contribution is -1.92. The fourth-order valence-corrected chi connectivity index (χ4v) is 1.98. The summed E-state index contributed by atoms with van der Waals surface area (Å²) >= 11 is 0. The van der Waals surface area contributed by atoms with Crippen LogP contribution in [0.5, 0.6) is 0 Å². The highest BCUT2D eigenvalue weighted by atomic mass is 14.5. The Bertz CT molecular complexity index is 483. The minimum Gasteiger partial charge on any atom is -0.399 e. The van der Waals surface area contributed by atoms with Crippen LogP contribution in [-0.4, -0.2) is 0 Å². The molecule has 0 heterocycles. The van der Waals surface area contributed by atoms with Crippen LogP contribution in [0.2, 0.25) is 0 Å². The third kappa shape index (κ3) is 2.57. The van der Waals surface area contributed by atoms with Crippen molar-refractivity contribution in [2.75, 3.05) is 11.5 Å². The van der Waals surface area contributed by atoms with Gasteiger partial charge in [0, 0.05) is 11.4 Å². The molecular formula is C14H19N3. The van der Waals surface area contributed by atoms with E-state index in [1.807, 2.05) is 24.3 Å². The predicted octanol–water partition coefficient (Wildman–Crippen LogP) is 3.30. The molecule has 0 aromatic heterocycles. The maximum atomic E-state index is 5.75. The number of rotatable bonds is 1. The van der Waals surface area contributed by atoms with Crippen LogP contribution in [0.4, 0.5) is 11.4 Å². The van der Waals surface area contributed by atoms with E-state index >= 15 is 0 Å². The van der Waals surface area contributed by atoms with Crippen molar-refractivity contribution in [3.8, 4) is 11.1 Å². The van der Waals surface area contributed by atoms with Crippen molar-refractivity contribution in [3.63, 3.8) is 0 Å². The number of benzene rings is 2. The Morgan fingerprint density at radius 1 is 0.706 bits per heavy atom. The van der Waals surface area contributed by atoms with Gasteiger partial charge in [-0.2, -0.15) is 0 Å². The Kier molecular flexibility index (Phi) is 3.76. The number of hydrogen-bond donors (Lipinski definition) is 3. The van der Waals surface area contributed by atoms with E-state index in [0.29, 0.717) is 0 Å². The molecule has 0 saturated heterocycles. The van der Waals surface area contributed by atoms with Crippen molar-refractivity contribution in [1.82, 2.24) is 6.15 Å². The standard InChI is InChI=1S/C14H16N2.H3N/c1-9-7-11(15)3-5-13(9)14-6-4-12(16)8-10(14)2;/h3-8H,15-16H2,1-2H3;1H3. The molecule has 7 N–H and O–H groups in total. The summed E-state index contributed by atoms with van der Waals surface area (Å²) < 4.78 is 0. The van der Waals surface area contributed by atoms with Crippen molar-refractivity contribution in [1.29, 1.82) is 0 Å². The second kappa shape index (κ2) is 4.89. The van der Waals surface area contributed by atoms with E-state index in [9.17, 15) is 0 Å². The first-order valence-electron chi connectivity index (χ1n) is 5.30. The smallest absolute Gasteiger partial charge is 0.0317 e. The molecule has 0 aliphatic rings. The molecule has 0 fully saturated rings. The Morgan fingerprint density at radius 2 is 1.06 bits per heavy atom. The SMILES string of the molecule is Cc1cc(N)ccc1-c1ccc(N)cc1C.N. The molecule has 2 rings (SSSR count). The molecule has 0 spiro atoms. The normalized spacial score (nSPS) is 9.76. The quantitative estimate of drug-likeness (QED) is 0.656. The molecule has 0 bridgehead atoms. The average molecular weight is 229 g/mol. The third-order valence-corrected chi connectivity index (χ3v) is 2.79. The highest BCUT2D eigenvalue weighted by molar-refractivity contribution is 5.73. The maximum absolute atomic E-state index is 5.75. The van der Waals surface area contributed by atoms with Crippen LogP contribution in [0.1, 0.15) is 11.1 Å². The minimum absolute atomic E-state index is 0. The fourth-order valence-electron chi connectivity index (χ4n) is 1.98. The zero-order chi connectivity index (χ0) is 11.7. The van der Waals surface area contributed by atoms with Gasteiger partial charge >= 0.3 is 0 Å². The van der Waals surface area contributed by atoms with E-state index in [1.54, 1.807) is 0 Å². The topological polar surface area (TPSA) is 87.0 Å². The molecule has 0 aliphatic heterocycles. The molecule has 17 heavy (non-hydrogen) atoms. The van der Waals surface area contributed by atoms with E-state index in [4.69, 9.17) is 11.5 Å². The number of nitrogens with two attached hydrogens (primary N) is 2. The Morgan fingerprint density at radius 3 is 1.35 bits per heavy atom. The van der Waals surface area contributed by atoms with Gasteiger partial charge in [0.05, 0.1) is 0 Å². The molecule has 0 saturated carbocycles. The molecule has 3 nitrogen and oxygen atoms in total. The van der Waals surface area contributed by atoms with Gasteiger partial charge in [0.25, 0.3) is 0 Å². The number of anilines is 2. The summed E-state index contributed by atoms with van der Waals surface area (Å²) in [4.78, 5) is 0. The molecule has 0 aliphatic carbocycles. The summed E-state index contributed by atoms with van der Waals surface area (Å²) in [6.45, 7) is 4.14. The Labute approximate surface area is 102 Å². The minimum atomic E-state index is 0. The first-order chi connectivity index (χ1) is 7.58. The van der Waals surface area contributed by atoms with Crippen molar-refractivity contribution in [2.45, 2.75) is 13.8 Å². The van der Waals surface area contributed by atoms with Gasteiger partial charge < -0.3 is 17.6 Å². The molecule has 2 aromatic carbocycles. The summed E-state index contributed by atoms with van der Waals surface area (Å²) in [5.74, 6) is 0. The molecule has 0 radical (unpaired) electrons. The molecular weight excluding hydrogens is 210 g/mol. The molecule has 0 atom stereocenters. The molecule has 0 amide bonds. The van der Waals surface area contributed by atoms with E-state index in [1.165, 1.54) is 22.3 Å². The first-order valence-corrected chi connectivity index (χ1v) is 5.30. The van der Waals surface area contributed by atoms with Crippen molar-refractivity contribution >= 4 is 11.4 Å². The summed E-state index contributed by atoms with van der Waals surface area (Å²) in [5.41, 5.74) is 17.9. The largest absolute Gasteiger partial charge is 0.399 e. The third-order valence-electron chi connectivity index (χ3n) is 2.79. The zero-order valence-electron chi connectivity index (χ0n) is 10.3. The van der Waals surface area contributed by atoms with Gasteiger partial charge in [-0.1, -0.05) is 12.1 Å². The highest BCUT2D eigenvalue weighted by Crippen LogP contribution is 2.28. The monoisotopic (exact) mass is 229 g/mol. The van der Waals surface area contributed by atoms with Crippen molar-refractivity contribution < 1.29 is 0 Å². The van der Waals surface area contributed by atoms with Crippen LogP contribution >= 0.6 is 0 Å². The van der Waals surface area contributed by atoms with Crippen LogP contribution in [0.3, 0.4) is 0 Å². The second-order valence-corrected chi connectivity index (χ2v) is 4.15. The van der Waals surface area contributed by atoms with E-state index < -0.39 is 0 Å². The van der Waals surface area contributed by atoms with Crippen LogP contribution in [0.15, 0.2) is 36.4 Å². The number of aryl methyl sites for hydroxylation is 2. The lowest BCUT2D eigenvalue weighted by Gasteiger charge is -2.10. The lowest BCUT2D eigenvalue weighted by atomic mass is 9.96. The Balaban J connectivity index is 0.00000144. The number of nitrogen functional groups attached to an aromatic ring is 2. The van der Waals surface area contributed by atoms with E-state index in [0.717, 1.165) is 11.4 Å². The van der Waals surface area contributed by atoms with E-state index in [2.05, 4.69) is 26.0 Å².